The second-order valence-corrected chi connectivity index (χ2v) is 6.42. The summed E-state index contributed by atoms with van der Waals surface area (Å²) < 4.78 is 0. The first-order chi connectivity index (χ1) is 9.83. The first-order valence-corrected chi connectivity index (χ1v) is 7.60. The minimum Gasteiger partial charge on any atom is -0.316 e. The van der Waals surface area contributed by atoms with E-state index < -0.39 is 0 Å². The molecule has 0 saturated carbocycles. The maximum absolute atomic E-state index is 4.57. The van der Waals surface area contributed by atoms with Gasteiger partial charge in [0.15, 0.2) is 0 Å². The zero-order chi connectivity index (χ0) is 13.4. The average molecular weight is 267 g/mol. The van der Waals surface area contributed by atoms with E-state index in [1.807, 2.05) is 12.3 Å². The van der Waals surface area contributed by atoms with Gasteiger partial charge in [-0.25, -0.2) is 0 Å². The minimum atomic E-state index is 0.560. The third kappa shape index (κ3) is 2.21. The molecule has 0 aliphatic carbocycles. The van der Waals surface area contributed by atoms with Crippen LogP contribution in [0.25, 0.3) is 10.9 Å². The van der Waals surface area contributed by atoms with Crippen LogP contribution in [0.1, 0.15) is 18.4 Å². The van der Waals surface area contributed by atoms with E-state index in [2.05, 4.69) is 39.5 Å². The van der Waals surface area contributed by atoms with E-state index >= 15 is 0 Å². The predicted molar refractivity (Wildman–Crippen MR) is 81.6 cm³/mol. The van der Waals surface area contributed by atoms with Gasteiger partial charge in [-0.3, -0.25) is 9.88 Å². The highest BCUT2D eigenvalue weighted by atomic mass is 15.2. The fourth-order valence-corrected chi connectivity index (χ4v) is 3.77. The van der Waals surface area contributed by atoms with Crippen LogP contribution in [0.2, 0.25) is 0 Å². The first kappa shape index (κ1) is 12.3. The molecule has 1 aromatic carbocycles. The smallest absolute Gasteiger partial charge is 0.0702 e. The number of rotatable bonds is 2. The van der Waals surface area contributed by atoms with Crippen LogP contribution in [0.3, 0.4) is 0 Å². The van der Waals surface area contributed by atoms with Crippen molar-refractivity contribution in [2.45, 2.75) is 19.4 Å². The molecule has 3 heterocycles. The monoisotopic (exact) mass is 267 g/mol. The number of hydrogen-bond acceptors (Lipinski definition) is 3. The topological polar surface area (TPSA) is 28.2 Å². The molecule has 1 spiro atoms. The maximum Gasteiger partial charge on any atom is 0.0702 e. The van der Waals surface area contributed by atoms with Crippen molar-refractivity contribution in [3.05, 3.63) is 42.1 Å². The summed E-state index contributed by atoms with van der Waals surface area (Å²) in [6.45, 7) is 5.92. The number of fused-ring (bicyclic) bond motifs is 1. The van der Waals surface area contributed by atoms with E-state index in [1.54, 1.807) is 0 Å². The van der Waals surface area contributed by atoms with E-state index in [-0.39, 0.29) is 0 Å². The average Bonchev–Trinajstić information content (AvgIpc) is 3.09. The van der Waals surface area contributed by atoms with Gasteiger partial charge in [-0.2, -0.15) is 0 Å². The normalized spacial score (nSPS) is 26.8. The summed E-state index contributed by atoms with van der Waals surface area (Å²) in [5.74, 6) is 0. The molecule has 1 aromatic heterocycles. The zero-order valence-corrected chi connectivity index (χ0v) is 11.8. The van der Waals surface area contributed by atoms with Crippen LogP contribution in [-0.4, -0.2) is 36.1 Å². The van der Waals surface area contributed by atoms with Gasteiger partial charge in [0.05, 0.1) is 5.52 Å². The molecule has 2 fully saturated rings. The van der Waals surface area contributed by atoms with Gasteiger partial charge in [-0.05, 0) is 49.0 Å². The Labute approximate surface area is 120 Å². The number of para-hydroxylation sites is 1. The number of nitrogens with zero attached hydrogens (tertiary/aromatic N) is 2. The molecule has 0 radical (unpaired) electrons. The molecule has 0 bridgehead atoms. The Bertz CT molecular complexity index is 616. The van der Waals surface area contributed by atoms with Crippen molar-refractivity contribution in [1.29, 1.82) is 0 Å². The van der Waals surface area contributed by atoms with Gasteiger partial charge in [0.2, 0.25) is 0 Å². The lowest BCUT2D eigenvalue weighted by Crippen LogP contribution is -2.28. The summed E-state index contributed by atoms with van der Waals surface area (Å²) in [4.78, 5) is 7.17. The van der Waals surface area contributed by atoms with E-state index in [4.69, 9.17) is 0 Å². The molecule has 1 N–H and O–H groups in total. The molecule has 1 unspecified atom stereocenters. The van der Waals surface area contributed by atoms with E-state index in [0.717, 1.165) is 12.1 Å². The summed E-state index contributed by atoms with van der Waals surface area (Å²) >= 11 is 0. The number of benzene rings is 1. The largest absolute Gasteiger partial charge is 0.316 e. The fourth-order valence-electron chi connectivity index (χ4n) is 3.77. The Hall–Kier alpha value is -1.45. The van der Waals surface area contributed by atoms with Crippen molar-refractivity contribution in [2.24, 2.45) is 5.41 Å². The number of hydrogen-bond donors (Lipinski definition) is 1. The van der Waals surface area contributed by atoms with Crippen molar-refractivity contribution in [3.8, 4) is 0 Å². The summed E-state index contributed by atoms with van der Waals surface area (Å²) in [5.41, 5.74) is 2.99. The molecule has 1 atom stereocenters. The zero-order valence-electron chi connectivity index (χ0n) is 11.8. The lowest BCUT2D eigenvalue weighted by Gasteiger charge is -2.22. The van der Waals surface area contributed by atoms with Crippen LogP contribution >= 0.6 is 0 Å². The lowest BCUT2D eigenvalue weighted by atomic mass is 9.87. The Kier molecular flexibility index (Phi) is 2.97. The molecule has 2 aromatic rings. The van der Waals surface area contributed by atoms with Gasteiger partial charge >= 0.3 is 0 Å². The Morgan fingerprint density at radius 1 is 1.25 bits per heavy atom. The van der Waals surface area contributed by atoms with Crippen LogP contribution in [0.15, 0.2) is 36.5 Å². The van der Waals surface area contributed by atoms with Crippen molar-refractivity contribution in [2.75, 3.05) is 26.2 Å². The minimum absolute atomic E-state index is 0.560. The molecule has 0 amide bonds. The molecule has 2 saturated heterocycles. The quantitative estimate of drug-likeness (QED) is 0.905. The summed E-state index contributed by atoms with van der Waals surface area (Å²) in [5, 5.41) is 4.78. The third-order valence-electron chi connectivity index (χ3n) is 4.90. The maximum atomic E-state index is 4.57. The Morgan fingerprint density at radius 3 is 3.10 bits per heavy atom. The van der Waals surface area contributed by atoms with E-state index in [0.29, 0.717) is 5.41 Å². The van der Waals surface area contributed by atoms with Crippen LogP contribution < -0.4 is 5.32 Å². The number of aromatic nitrogens is 1. The SMILES string of the molecule is c1ccc2ncc(CN3CCC4(CCNC4)C3)cc2c1. The van der Waals surface area contributed by atoms with Gasteiger partial charge in [0.25, 0.3) is 0 Å². The van der Waals surface area contributed by atoms with Gasteiger partial charge in [0, 0.05) is 31.2 Å². The van der Waals surface area contributed by atoms with Gasteiger partial charge in [-0.1, -0.05) is 18.2 Å². The van der Waals surface area contributed by atoms with E-state index in [1.165, 1.54) is 50.0 Å². The predicted octanol–water partition coefficient (Wildman–Crippen LogP) is 2.42. The van der Waals surface area contributed by atoms with Crippen LogP contribution in [-0.2, 0) is 6.54 Å². The summed E-state index contributed by atoms with van der Waals surface area (Å²) in [7, 11) is 0. The van der Waals surface area contributed by atoms with Gasteiger partial charge in [0.1, 0.15) is 0 Å². The standard InChI is InChI=1S/C17H21N3/c1-2-4-16-15(3-1)9-14(10-19-16)11-20-8-6-17(13-20)5-7-18-12-17/h1-4,9-10,18H,5-8,11-13H2. The molecule has 20 heavy (non-hydrogen) atoms. The lowest BCUT2D eigenvalue weighted by molar-refractivity contribution is 0.268. The third-order valence-corrected chi connectivity index (χ3v) is 4.90. The Balaban J connectivity index is 1.50. The van der Waals surface area contributed by atoms with E-state index in [9.17, 15) is 0 Å². The number of likely N-dealkylation sites (tertiary alicyclic amines) is 1. The highest BCUT2D eigenvalue weighted by Crippen LogP contribution is 2.36. The van der Waals surface area contributed by atoms with Gasteiger partial charge < -0.3 is 5.32 Å². The molecule has 2 aliphatic heterocycles. The van der Waals surface area contributed by atoms with Crippen molar-refractivity contribution in [3.63, 3.8) is 0 Å². The number of nitrogens with one attached hydrogen (secondary N) is 1. The molecular weight excluding hydrogens is 246 g/mol. The number of pyridine rings is 1. The molecular formula is C17H21N3. The molecule has 3 heteroatoms. The molecule has 4 rings (SSSR count). The summed E-state index contributed by atoms with van der Waals surface area (Å²) in [6.07, 6.45) is 4.74. The highest BCUT2D eigenvalue weighted by molar-refractivity contribution is 5.78. The highest BCUT2D eigenvalue weighted by Gasteiger charge is 2.39. The second kappa shape index (κ2) is 4.83. The first-order valence-electron chi connectivity index (χ1n) is 7.60. The second-order valence-electron chi connectivity index (χ2n) is 6.42. The van der Waals surface area contributed by atoms with Crippen LogP contribution in [0.4, 0.5) is 0 Å². The summed E-state index contributed by atoms with van der Waals surface area (Å²) in [6, 6.07) is 10.7. The van der Waals surface area contributed by atoms with Crippen LogP contribution in [0.5, 0.6) is 0 Å². The van der Waals surface area contributed by atoms with Crippen molar-refractivity contribution < 1.29 is 0 Å². The van der Waals surface area contributed by atoms with Crippen LogP contribution in [0, 0.1) is 5.41 Å². The fraction of sp³-hybridized carbons (Fsp3) is 0.471. The Morgan fingerprint density at radius 2 is 2.20 bits per heavy atom. The van der Waals surface area contributed by atoms with Crippen molar-refractivity contribution in [1.82, 2.24) is 15.2 Å². The molecule has 3 nitrogen and oxygen atoms in total. The molecule has 2 aliphatic rings. The van der Waals surface area contributed by atoms with Gasteiger partial charge in [-0.15, -0.1) is 0 Å². The van der Waals surface area contributed by atoms with Crippen molar-refractivity contribution >= 4 is 10.9 Å². The molecule has 104 valence electrons.